The third-order valence-corrected chi connectivity index (χ3v) is 4.91. The highest BCUT2D eigenvalue weighted by atomic mass is 35.5. The summed E-state index contributed by atoms with van der Waals surface area (Å²) in [5.74, 6) is 0. The van der Waals surface area contributed by atoms with Gasteiger partial charge in [0.05, 0.1) is 12.1 Å². The van der Waals surface area contributed by atoms with Crippen LogP contribution in [0.3, 0.4) is 0 Å². The summed E-state index contributed by atoms with van der Waals surface area (Å²) < 4.78 is 0. The lowest BCUT2D eigenvalue weighted by atomic mass is 10.0. The average Bonchev–Trinajstić information content (AvgIpc) is 2.64. The van der Waals surface area contributed by atoms with E-state index >= 15 is 0 Å². The molecule has 26 heavy (non-hydrogen) atoms. The maximum absolute atomic E-state index is 6.03. The lowest BCUT2D eigenvalue weighted by Crippen LogP contribution is -1.98. The molecule has 0 saturated carbocycles. The predicted molar refractivity (Wildman–Crippen MR) is 110 cm³/mol. The minimum Gasteiger partial charge on any atom is -0.185 e. The lowest BCUT2D eigenvalue weighted by Gasteiger charge is -2.14. The van der Waals surface area contributed by atoms with Crippen LogP contribution in [0.4, 0.5) is 0 Å². The van der Waals surface area contributed by atoms with Crippen molar-refractivity contribution >= 4 is 23.2 Å². The first-order valence-corrected chi connectivity index (χ1v) is 9.69. The Morgan fingerprint density at radius 3 is 1.35 bits per heavy atom. The molecule has 0 spiro atoms. The van der Waals surface area contributed by atoms with Crippen LogP contribution in [0.25, 0.3) is 0 Å². The fraction of sp³-hybridized carbons (Fsp3) is 0.273. The lowest BCUT2D eigenvalue weighted by molar-refractivity contribution is 0.605. The van der Waals surface area contributed by atoms with Gasteiger partial charge < -0.3 is 0 Å². The Bertz CT molecular complexity index is 709. The summed E-state index contributed by atoms with van der Waals surface area (Å²) >= 11 is 12.1. The number of halogens is 2. The van der Waals surface area contributed by atoms with E-state index in [4.69, 9.17) is 33.4 Å². The van der Waals surface area contributed by atoms with E-state index in [1.54, 1.807) is 0 Å². The minimum atomic E-state index is 0.00160. The van der Waals surface area contributed by atoms with Gasteiger partial charge in [0.15, 0.2) is 0 Å². The van der Waals surface area contributed by atoms with Gasteiger partial charge in [0.1, 0.15) is 0 Å². The van der Waals surface area contributed by atoms with E-state index in [-0.39, 0.29) is 12.1 Å². The zero-order chi connectivity index (χ0) is 18.2. The van der Waals surface area contributed by atoms with Crippen molar-refractivity contribution in [1.82, 2.24) is 0 Å². The molecule has 4 heteroatoms. The van der Waals surface area contributed by atoms with Gasteiger partial charge in [-0.3, -0.25) is 0 Å². The average molecular weight is 385 g/mol. The van der Waals surface area contributed by atoms with Gasteiger partial charge in [0, 0.05) is 10.0 Å². The monoisotopic (exact) mass is 384 g/mol. The van der Waals surface area contributed by atoms with Gasteiger partial charge in [0.2, 0.25) is 0 Å². The molecular formula is C22H22Cl2N2. The van der Waals surface area contributed by atoms with Gasteiger partial charge in [-0.05, 0) is 61.1 Å². The molecule has 0 aromatic heterocycles. The molecule has 0 aliphatic carbocycles. The number of nitrogens with zero attached hydrogens (tertiary/aromatic N) is 2. The second kappa shape index (κ2) is 9.70. The van der Waals surface area contributed by atoms with E-state index in [2.05, 4.69) is 24.3 Å². The molecule has 2 aromatic carbocycles. The van der Waals surface area contributed by atoms with Crippen LogP contribution in [0, 0.1) is 0 Å². The molecule has 1 aliphatic rings. The van der Waals surface area contributed by atoms with Gasteiger partial charge in [-0.15, -0.1) is 0 Å². The van der Waals surface area contributed by atoms with Crippen molar-refractivity contribution < 1.29 is 0 Å². The third kappa shape index (κ3) is 5.55. The van der Waals surface area contributed by atoms with E-state index in [1.165, 1.54) is 0 Å². The molecule has 134 valence electrons. The number of hydrogen-bond acceptors (Lipinski definition) is 2. The van der Waals surface area contributed by atoms with Crippen LogP contribution in [-0.4, -0.2) is 0 Å². The van der Waals surface area contributed by atoms with E-state index in [0.717, 1.165) is 46.9 Å². The molecule has 2 aromatic rings. The third-order valence-electron chi connectivity index (χ3n) is 4.41. The Labute approximate surface area is 165 Å². The van der Waals surface area contributed by atoms with Crippen molar-refractivity contribution in [3.05, 3.63) is 94.0 Å². The van der Waals surface area contributed by atoms with Gasteiger partial charge in [-0.25, -0.2) is 0 Å². The highest BCUT2D eigenvalue weighted by Crippen LogP contribution is 2.29. The van der Waals surface area contributed by atoms with Gasteiger partial charge in [-0.2, -0.15) is 10.2 Å². The zero-order valence-electron chi connectivity index (χ0n) is 14.6. The SMILES string of the molecule is Clc1ccc(C2C/C=C/CC/C=C/CC(c3ccc(Cl)cc3)/N=N/2)cc1. The molecule has 0 fully saturated rings. The van der Waals surface area contributed by atoms with Crippen molar-refractivity contribution in [1.29, 1.82) is 0 Å². The van der Waals surface area contributed by atoms with E-state index in [0.29, 0.717) is 0 Å². The van der Waals surface area contributed by atoms with Gasteiger partial charge in [0.25, 0.3) is 0 Å². The molecule has 0 amide bonds. The summed E-state index contributed by atoms with van der Waals surface area (Å²) in [5.41, 5.74) is 2.26. The Morgan fingerprint density at radius 1 is 0.577 bits per heavy atom. The topological polar surface area (TPSA) is 24.7 Å². The van der Waals surface area contributed by atoms with Gasteiger partial charge >= 0.3 is 0 Å². The Hall–Kier alpha value is -1.90. The molecule has 1 aliphatic heterocycles. The first-order chi connectivity index (χ1) is 12.7. The summed E-state index contributed by atoms with van der Waals surface area (Å²) in [6, 6.07) is 15.8. The van der Waals surface area contributed by atoms with Crippen LogP contribution in [0.5, 0.6) is 0 Å². The first-order valence-electron chi connectivity index (χ1n) is 8.93. The molecule has 2 atom stereocenters. The molecule has 0 bridgehead atoms. The Morgan fingerprint density at radius 2 is 0.962 bits per heavy atom. The first kappa shape index (κ1) is 18.9. The predicted octanol–water partition coefficient (Wildman–Crippen LogP) is 7.91. The number of allylic oxidation sites excluding steroid dienone is 2. The number of rotatable bonds is 2. The standard InChI is InChI=1S/C22H22Cl2N2/c23-19-13-9-17(10-14-19)21-7-5-3-1-2-4-6-8-22(26-25-21)18-11-15-20(24)16-12-18/h3-6,9-16,21-22H,1-2,7-8H2/b5-3+,6-4+,26-25+. The van der Waals surface area contributed by atoms with Crippen molar-refractivity contribution in [2.24, 2.45) is 10.2 Å². The van der Waals surface area contributed by atoms with Crippen LogP contribution in [0.15, 0.2) is 83.1 Å². The molecule has 2 nitrogen and oxygen atoms in total. The van der Waals surface area contributed by atoms with Crippen LogP contribution >= 0.6 is 23.2 Å². The molecule has 2 unspecified atom stereocenters. The number of hydrogen-bond donors (Lipinski definition) is 0. The van der Waals surface area contributed by atoms with Crippen LogP contribution in [0.2, 0.25) is 10.0 Å². The minimum absolute atomic E-state index is 0.00160. The summed E-state index contributed by atoms with van der Waals surface area (Å²) in [4.78, 5) is 0. The largest absolute Gasteiger partial charge is 0.185 e. The quantitative estimate of drug-likeness (QED) is 0.469. The maximum atomic E-state index is 6.03. The Kier molecular flexibility index (Phi) is 7.04. The zero-order valence-corrected chi connectivity index (χ0v) is 16.1. The van der Waals surface area contributed by atoms with Crippen LogP contribution in [0.1, 0.15) is 48.9 Å². The molecule has 0 radical (unpaired) electrons. The molecule has 0 N–H and O–H groups in total. The summed E-state index contributed by atoms with van der Waals surface area (Å²) in [7, 11) is 0. The van der Waals surface area contributed by atoms with Crippen molar-refractivity contribution in [3.8, 4) is 0 Å². The second-order valence-corrected chi connectivity index (χ2v) is 7.23. The normalized spacial score (nSPS) is 24.8. The summed E-state index contributed by atoms with van der Waals surface area (Å²) in [6.45, 7) is 0. The van der Waals surface area contributed by atoms with Crippen molar-refractivity contribution in [3.63, 3.8) is 0 Å². The maximum Gasteiger partial charge on any atom is 0.0992 e. The van der Waals surface area contributed by atoms with E-state index in [9.17, 15) is 0 Å². The summed E-state index contributed by atoms with van der Waals surface area (Å²) in [6.07, 6.45) is 12.6. The molecular weight excluding hydrogens is 363 g/mol. The van der Waals surface area contributed by atoms with Crippen molar-refractivity contribution in [2.45, 2.75) is 37.8 Å². The second-order valence-electron chi connectivity index (χ2n) is 6.36. The molecule has 1 heterocycles. The smallest absolute Gasteiger partial charge is 0.0992 e. The number of benzene rings is 2. The molecule has 0 saturated heterocycles. The molecule has 3 rings (SSSR count). The fourth-order valence-electron chi connectivity index (χ4n) is 2.91. The summed E-state index contributed by atoms with van der Waals surface area (Å²) in [5, 5.41) is 10.9. The highest BCUT2D eigenvalue weighted by molar-refractivity contribution is 6.30. The van der Waals surface area contributed by atoms with E-state index in [1.807, 2.05) is 48.5 Å². The fourth-order valence-corrected chi connectivity index (χ4v) is 3.16. The van der Waals surface area contributed by atoms with Crippen molar-refractivity contribution in [2.75, 3.05) is 0 Å². The highest BCUT2D eigenvalue weighted by Gasteiger charge is 2.13. The van der Waals surface area contributed by atoms with Crippen LogP contribution in [-0.2, 0) is 0 Å². The van der Waals surface area contributed by atoms with Gasteiger partial charge in [-0.1, -0.05) is 71.8 Å². The van der Waals surface area contributed by atoms with E-state index < -0.39 is 0 Å². The van der Waals surface area contributed by atoms with Crippen LogP contribution < -0.4 is 0 Å². The Balaban J connectivity index is 1.89. The number of azo groups is 1.